The SMILES string of the molecule is CCCCCc1ccc(OC(F)(F)c2ccc3c(c2F)C(F)(F)C(F)(F)c2c-3ccc(CCC)c2F)cc1. The highest BCUT2D eigenvalue weighted by Crippen LogP contribution is 2.60. The van der Waals surface area contributed by atoms with Crippen LogP contribution in [0.15, 0.2) is 48.5 Å². The van der Waals surface area contributed by atoms with Gasteiger partial charge in [0.2, 0.25) is 0 Å². The predicted octanol–water partition coefficient (Wildman–Crippen LogP) is 9.64. The summed E-state index contributed by atoms with van der Waals surface area (Å²) < 4.78 is 125. The first kappa shape index (κ1) is 27.9. The van der Waals surface area contributed by atoms with Crippen LogP contribution in [0.1, 0.15) is 67.3 Å². The van der Waals surface area contributed by atoms with Gasteiger partial charge in [0, 0.05) is 0 Å². The smallest absolute Gasteiger partial charge is 0.429 e. The zero-order valence-electron chi connectivity index (χ0n) is 20.8. The number of hydrogen-bond acceptors (Lipinski definition) is 1. The van der Waals surface area contributed by atoms with Crippen molar-refractivity contribution in [1.29, 1.82) is 0 Å². The maximum atomic E-state index is 15.4. The summed E-state index contributed by atoms with van der Waals surface area (Å²) in [5.41, 5.74) is -5.93. The number of unbranched alkanes of at least 4 members (excludes halogenated alkanes) is 2. The average molecular weight is 543 g/mol. The Morgan fingerprint density at radius 2 is 1.26 bits per heavy atom. The van der Waals surface area contributed by atoms with E-state index in [1.165, 1.54) is 12.1 Å². The van der Waals surface area contributed by atoms with Gasteiger partial charge in [-0.05, 0) is 59.7 Å². The number of benzene rings is 3. The minimum absolute atomic E-state index is 0.0181. The van der Waals surface area contributed by atoms with E-state index in [2.05, 4.69) is 4.74 Å². The third kappa shape index (κ3) is 4.64. The van der Waals surface area contributed by atoms with Gasteiger partial charge >= 0.3 is 18.0 Å². The second kappa shape index (κ2) is 10.2. The molecule has 0 radical (unpaired) electrons. The molecule has 3 aromatic carbocycles. The van der Waals surface area contributed by atoms with E-state index in [1.54, 1.807) is 19.1 Å². The third-order valence-electron chi connectivity index (χ3n) is 6.75. The van der Waals surface area contributed by atoms with Crippen LogP contribution in [0, 0.1) is 11.6 Å². The summed E-state index contributed by atoms with van der Waals surface area (Å²) in [7, 11) is 0. The zero-order chi connectivity index (χ0) is 27.9. The Labute approximate surface area is 215 Å². The minimum Gasteiger partial charge on any atom is -0.429 e. The van der Waals surface area contributed by atoms with Gasteiger partial charge in [0.15, 0.2) is 0 Å². The lowest BCUT2D eigenvalue weighted by atomic mass is 9.78. The van der Waals surface area contributed by atoms with E-state index < -0.39 is 57.4 Å². The Hall–Kier alpha value is -3.10. The fourth-order valence-electron chi connectivity index (χ4n) is 4.77. The lowest BCUT2D eigenvalue weighted by molar-refractivity contribution is -0.228. The number of aryl methyl sites for hydroxylation is 2. The predicted molar refractivity (Wildman–Crippen MR) is 128 cm³/mol. The first-order valence-electron chi connectivity index (χ1n) is 12.4. The van der Waals surface area contributed by atoms with E-state index >= 15 is 30.7 Å². The molecule has 1 aliphatic carbocycles. The molecule has 0 fully saturated rings. The van der Waals surface area contributed by atoms with Gasteiger partial charge < -0.3 is 4.74 Å². The van der Waals surface area contributed by atoms with Gasteiger partial charge in [-0.25, -0.2) is 8.78 Å². The fourth-order valence-corrected chi connectivity index (χ4v) is 4.77. The monoisotopic (exact) mass is 542 g/mol. The van der Waals surface area contributed by atoms with Crippen LogP contribution in [0.4, 0.5) is 35.1 Å². The van der Waals surface area contributed by atoms with Crippen molar-refractivity contribution in [3.63, 3.8) is 0 Å². The van der Waals surface area contributed by atoms with Crippen LogP contribution >= 0.6 is 0 Å². The van der Waals surface area contributed by atoms with Crippen molar-refractivity contribution in [3.8, 4) is 16.9 Å². The molecule has 0 unspecified atom stereocenters. The van der Waals surface area contributed by atoms with E-state index in [-0.39, 0.29) is 17.7 Å². The van der Waals surface area contributed by atoms with E-state index in [1.807, 2.05) is 6.92 Å². The molecule has 0 atom stereocenters. The molecular formula is C29H26F8O. The van der Waals surface area contributed by atoms with Crippen molar-refractivity contribution in [2.45, 2.75) is 70.3 Å². The Morgan fingerprint density at radius 1 is 0.684 bits per heavy atom. The van der Waals surface area contributed by atoms with E-state index in [0.717, 1.165) is 43.4 Å². The summed E-state index contributed by atoms with van der Waals surface area (Å²) in [4.78, 5) is 0. The quantitative estimate of drug-likeness (QED) is 0.193. The number of rotatable bonds is 9. The molecule has 0 aromatic heterocycles. The van der Waals surface area contributed by atoms with Gasteiger partial charge in [0.05, 0.1) is 11.1 Å². The molecule has 0 saturated carbocycles. The number of hydrogen-bond donors (Lipinski definition) is 0. The van der Waals surface area contributed by atoms with Gasteiger partial charge in [0.1, 0.15) is 22.9 Å². The van der Waals surface area contributed by atoms with Crippen LogP contribution in [0.3, 0.4) is 0 Å². The first-order valence-corrected chi connectivity index (χ1v) is 12.4. The number of alkyl halides is 6. The second-order valence-electron chi connectivity index (χ2n) is 9.43. The molecule has 4 rings (SSSR count). The molecular weight excluding hydrogens is 516 g/mol. The lowest BCUT2D eigenvalue weighted by Gasteiger charge is -2.36. The third-order valence-corrected chi connectivity index (χ3v) is 6.75. The molecule has 0 amide bonds. The minimum atomic E-state index is -5.31. The van der Waals surface area contributed by atoms with Gasteiger partial charge in [-0.1, -0.05) is 63.4 Å². The Bertz CT molecular complexity index is 1320. The van der Waals surface area contributed by atoms with Crippen molar-refractivity contribution in [1.82, 2.24) is 0 Å². The maximum Gasteiger partial charge on any atom is 0.429 e. The molecule has 0 saturated heterocycles. The summed E-state index contributed by atoms with van der Waals surface area (Å²) >= 11 is 0. The van der Waals surface area contributed by atoms with Gasteiger partial charge in [-0.15, -0.1) is 0 Å². The molecule has 204 valence electrons. The summed E-state index contributed by atoms with van der Waals surface area (Å²) in [6.45, 7) is 3.69. The molecule has 3 aromatic rings. The topological polar surface area (TPSA) is 9.23 Å². The summed E-state index contributed by atoms with van der Waals surface area (Å²) in [6.07, 6.45) is -0.466. The number of fused-ring (bicyclic) bond motifs is 3. The molecule has 1 aliphatic rings. The Morgan fingerprint density at radius 3 is 1.84 bits per heavy atom. The van der Waals surface area contributed by atoms with Gasteiger partial charge in [0.25, 0.3) is 0 Å². The molecule has 0 N–H and O–H groups in total. The summed E-state index contributed by atoms with van der Waals surface area (Å²) in [5.74, 6) is -14.6. The van der Waals surface area contributed by atoms with Crippen molar-refractivity contribution < 1.29 is 39.9 Å². The summed E-state index contributed by atoms with van der Waals surface area (Å²) in [6, 6.07) is 8.88. The maximum absolute atomic E-state index is 15.4. The Kier molecular flexibility index (Phi) is 7.51. The largest absolute Gasteiger partial charge is 0.429 e. The standard InChI is InChI=1S/C29H26F8O/c1-3-5-6-8-17-9-12-19(13-10-17)38-29(36,37)22-16-15-21-20-14-11-18(7-4-2)25(30)23(20)27(32,33)28(34,35)24(21)26(22)31/h9-16H,3-8H2,1-2H3. The fraction of sp³-hybridized carbons (Fsp3) is 0.379. The van der Waals surface area contributed by atoms with Crippen LogP contribution in [0.2, 0.25) is 0 Å². The average Bonchev–Trinajstić information content (AvgIpc) is 2.84. The van der Waals surface area contributed by atoms with Crippen LogP contribution in [0.5, 0.6) is 5.75 Å². The van der Waals surface area contributed by atoms with Crippen LogP contribution in [-0.4, -0.2) is 0 Å². The second-order valence-corrected chi connectivity index (χ2v) is 9.43. The highest BCUT2D eigenvalue weighted by atomic mass is 19.3. The highest BCUT2D eigenvalue weighted by Gasteiger charge is 2.66. The van der Waals surface area contributed by atoms with Gasteiger partial charge in [-0.3, -0.25) is 0 Å². The van der Waals surface area contributed by atoms with Crippen molar-refractivity contribution >= 4 is 0 Å². The van der Waals surface area contributed by atoms with E-state index in [4.69, 9.17) is 0 Å². The number of halogens is 8. The van der Waals surface area contributed by atoms with Crippen LogP contribution in [-0.2, 0) is 30.8 Å². The molecule has 0 spiro atoms. The Balaban J connectivity index is 1.75. The highest BCUT2D eigenvalue weighted by molar-refractivity contribution is 5.77. The van der Waals surface area contributed by atoms with E-state index in [9.17, 15) is 4.39 Å². The molecule has 38 heavy (non-hydrogen) atoms. The van der Waals surface area contributed by atoms with Crippen LogP contribution < -0.4 is 4.74 Å². The van der Waals surface area contributed by atoms with E-state index in [0.29, 0.717) is 18.6 Å². The van der Waals surface area contributed by atoms with Crippen molar-refractivity contribution in [2.24, 2.45) is 0 Å². The zero-order valence-corrected chi connectivity index (χ0v) is 20.8. The van der Waals surface area contributed by atoms with Crippen molar-refractivity contribution in [2.75, 3.05) is 0 Å². The molecule has 1 nitrogen and oxygen atoms in total. The molecule has 9 heteroatoms. The normalized spacial score (nSPS) is 15.6. The molecule has 0 aliphatic heterocycles. The number of ether oxygens (including phenoxy) is 1. The molecule has 0 bridgehead atoms. The van der Waals surface area contributed by atoms with Gasteiger partial charge in [-0.2, -0.15) is 26.3 Å². The summed E-state index contributed by atoms with van der Waals surface area (Å²) in [5, 5.41) is 0. The van der Waals surface area contributed by atoms with Crippen molar-refractivity contribution in [3.05, 3.63) is 88.0 Å². The molecule has 0 heterocycles. The van der Waals surface area contributed by atoms with Crippen LogP contribution in [0.25, 0.3) is 11.1 Å². The lowest BCUT2D eigenvalue weighted by Crippen LogP contribution is -2.42. The first-order chi connectivity index (χ1) is 17.9.